The number of hydrogen-bond acceptors (Lipinski definition) is 3. The first kappa shape index (κ1) is 12.7. The minimum absolute atomic E-state index is 0.438. The molecule has 0 bridgehead atoms. The van der Waals surface area contributed by atoms with Crippen LogP contribution in [0, 0.1) is 0 Å². The first-order valence-electron chi connectivity index (χ1n) is 2.53. The minimum Gasteiger partial charge on any atom is -0.396 e. The average molecular weight is 172 g/mol. The Kier molecular flexibility index (Phi) is 9.13. The van der Waals surface area contributed by atoms with Crippen molar-refractivity contribution in [3.8, 4) is 0 Å². The van der Waals surface area contributed by atoms with Crippen molar-refractivity contribution >= 4 is 7.60 Å². The lowest BCUT2D eigenvalue weighted by Crippen LogP contribution is -1.91. The van der Waals surface area contributed by atoms with Crippen LogP contribution in [-0.2, 0) is 9.30 Å². The largest absolute Gasteiger partial charge is 0.396 e. The molecule has 0 saturated heterocycles. The lowest BCUT2D eigenvalue weighted by atomic mass is 10.9. The van der Waals surface area contributed by atoms with Gasteiger partial charge in [-0.2, -0.15) is 0 Å². The third-order valence-electron chi connectivity index (χ3n) is 0.391. The van der Waals surface area contributed by atoms with Gasteiger partial charge < -0.3 is 19.6 Å². The van der Waals surface area contributed by atoms with Gasteiger partial charge in [0.1, 0.15) is 0 Å². The molecule has 0 radical (unpaired) electrons. The second kappa shape index (κ2) is 7.18. The number of ether oxygens (including phenoxy) is 1. The van der Waals surface area contributed by atoms with E-state index in [9.17, 15) is 4.57 Å². The van der Waals surface area contributed by atoms with Crippen molar-refractivity contribution < 1.29 is 24.2 Å². The maximum Gasteiger partial charge on any atom is 0.327 e. The molecule has 0 aromatic carbocycles. The van der Waals surface area contributed by atoms with Crippen LogP contribution in [0.25, 0.3) is 0 Å². The Bertz CT molecular complexity index is 97.8. The molecular weight excluding hydrogens is 159 g/mol. The molecule has 0 aliphatic rings. The Morgan fingerprint density at radius 2 is 1.70 bits per heavy atom. The van der Waals surface area contributed by atoms with Gasteiger partial charge in [0.15, 0.2) is 0 Å². The van der Waals surface area contributed by atoms with Crippen LogP contribution in [-0.4, -0.2) is 41.9 Å². The lowest BCUT2D eigenvalue weighted by Gasteiger charge is -1.96. The number of aliphatic hydroxyl groups excluding tert-OH is 1. The molecule has 0 spiro atoms. The maximum atomic E-state index is 9.77. The van der Waals surface area contributed by atoms with Crippen molar-refractivity contribution in [2.24, 2.45) is 0 Å². The Morgan fingerprint density at radius 3 is 1.70 bits per heavy atom. The second-order valence-corrected chi connectivity index (χ2v) is 3.30. The van der Waals surface area contributed by atoms with E-state index in [-0.39, 0.29) is 0 Å². The number of rotatable bonds is 2. The third kappa shape index (κ3) is 24.4. The molecule has 0 aliphatic carbocycles. The summed E-state index contributed by atoms with van der Waals surface area (Å²) in [5.74, 6) is 0. The van der Waals surface area contributed by atoms with Gasteiger partial charge in [0, 0.05) is 14.2 Å². The van der Waals surface area contributed by atoms with Crippen molar-refractivity contribution in [1.29, 1.82) is 0 Å². The molecule has 0 fully saturated rings. The average Bonchev–Trinajstić information content (AvgIpc) is 1.63. The fourth-order valence-corrected chi connectivity index (χ4v) is 0.391. The first-order chi connectivity index (χ1) is 4.47. The molecule has 0 saturated carbocycles. The lowest BCUT2D eigenvalue weighted by molar-refractivity contribution is 0.277. The van der Waals surface area contributed by atoms with Crippen molar-refractivity contribution in [2.45, 2.75) is 0 Å². The normalized spacial score (nSPS) is 10.1. The van der Waals surface area contributed by atoms with Gasteiger partial charge in [-0.1, -0.05) is 0 Å². The van der Waals surface area contributed by atoms with Gasteiger partial charge in [-0.25, -0.2) is 0 Å². The molecule has 0 aliphatic heterocycles. The van der Waals surface area contributed by atoms with Gasteiger partial charge in [-0.15, -0.1) is 0 Å². The van der Waals surface area contributed by atoms with E-state index in [0.717, 1.165) is 0 Å². The van der Waals surface area contributed by atoms with E-state index >= 15 is 0 Å². The van der Waals surface area contributed by atoms with E-state index in [1.165, 1.54) is 0 Å². The quantitative estimate of drug-likeness (QED) is 0.485. The highest BCUT2D eigenvalue weighted by Crippen LogP contribution is 2.32. The van der Waals surface area contributed by atoms with Gasteiger partial charge in [-0.3, -0.25) is 4.57 Å². The highest BCUT2D eigenvalue weighted by Gasteiger charge is 2.09. The monoisotopic (exact) mass is 172 g/mol. The highest BCUT2D eigenvalue weighted by atomic mass is 31.2. The van der Waals surface area contributed by atoms with Gasteiger partial charge in [0.2, 0.25) is 0 Å². The standard InChI is InChI=1S/C2H7O4P.C2H6O/c3-1-2-7(4,5)6;1-3-2/h3H,1-2H2,(H2,4,5,6);1-2H3. The molecular formula is C4H13O5P. The van der Waals surface area contributed by atoms with E-state index < -0.39 is 20.4 Å². The number of aliphatic hydroxyl groups is 1. The predicted molar refractivity (Wildman–Crippen MR) is 36.9 cm³/mol. The first-order valence-corrected chi connectivity index (χ1v) is 4.33. The van der Waals surface area contributed by atoms with Crippen LogP contribution in [0.4, 0.5) is 0 Å². The molecule has 64 valence electrons. The van der Waals surface area contributed by atoms with E-state index in [4.69, 9.17) is 14.9 Å². The zero-order chi connectivity index (χ0) is 8.62. The summed E-state index contributed by atoms with van der Waals surface area (Å²) in [6.07, 6.45) is -0.438. The Labute approximate surface area is 59.8 Å². The topological polar surface area (TPSA) is 87.0 Å². The fourth-order valence-electron chi connectivity index (χ4n) is 0.130. The maximum absolute atomic E-state index is 9.77. The van der Waals surface area contributed by atoms with Crippen LogP contribution in [0.15, 0.2) is 0 Å². The van der Waals surface area contributed by atoms with Crippen molar-refractivity contribution in [3.63, 3.8) is 0 Å². The molecule has 0 heterocycles. The zero-order valence-corrected chi connectivity index (χ0v) is 6.91. The minimum atomic E-state index is -3.92. The molecule has 0 amide bonds. The van der Waals surface area contributed by atoms with Gasteiger partial charge in [0.05, 0.1) is 12.8 Å². The zero-order valence-electron chi connectivity index (χ0n) is 6.02. The van der Waals surface area contributed by atoms with Gasteiger partial charge in [0.25, 0.3) is 0 Å². The Balaban J connectivity index is 0. The smallest absolute Gasteiger partial charge is 0.327 e. The predicted octanol–water partition coefficient (Wildman–Crippen LogP) is -0.581. The summed E-state index contributed by atoms with van der Waals surface area (Å²) in [5.41, 5.74) is 0. The molecule has 0 aromatic rings. The SMILES string of the molecule is COC.O=P(O)(O)CCO. The summed E-state index contributed by atoms with van der Waals surface area (Å²) in [5, 5.41) is 7.91. The molecule has 0 rings (SSSR count). The van der Waals surface area contributed by atoms with Crippen LogP contribution in [0.5, 0.6) is 0 Å². The summed E-state index contributed by atoms with van der Waals surface area (Å²) < 4.78 is 14.0. The summed E-state index contributed by atoms with van der Waals surface area (Å²) >= 11 is 0. The highest BCUT2D eigenvalue weighted by molar-refractivity contribution is 7.51. The summed E-state index contributed by atoms with van der Waals surface area (Å²) in [7, 11) is -0.666. The summed E-state index contributed by atoms with van der Waals surface area (Å²) in [6, 6.07) is 0. The third-order valence-corrected chi connectivity index (χ3v) is 1.17. The molecule has 6 heteroatoms. The van der Waals surface area contributed by atoms with E-state index in [0.29, 0.717) is 0 Å². The number of methoxy groups -OCH3 is 1. The second-order valence-electron chi connectivity index (χ2n) is 1.52. The van der Waals surface area contributed by atoms with E-state index in [1.807, 2.05) is 0 Å². The van der Waals surface area contributed by atoms with Crippen LogP contribution in [0.2, 0.25) is 0 Å². The Morgan fingerprint density at radius 1 is 1.40 bits per heavy atom. The van der Waals surface area contributed by atoms with Gasteiger partial charge in [-0.05, 0) is 0 Å². The van der Waals surface area contributed by atoms with Crippen LogP contribution < -0.4 is 0 Å². The van der Waals surface area contributed by atoms with E-state index in [2.05, 4.69) is 4.74 Å². The molecule has 0 unspecified atom stereocenters. The fraction of sp³-hybridized carbons (Fsp3) is 1.00. The molecule has 0 atom stereocenters. The van der Waals surface area contributed by atoms with Crippen molar-refractivity contribution in [3.05, 3.63) is 0 Å². The van der Waals surface area contributed by atoms with Crippen LogP contribution in [0.3, 0.4) is 0 Å². The van der Waals surface area contributed by atoms with Crippen molar-refractivity contribution in [1.82, 2.24) is 0 Å². The van der Waals surface area contributed by atoms with Crippen LogP contribution in [0.1, 0.15) is 0 Å². The Hall–Kier alpha value is 0.0700. The molecule has 0 aromatic heterocycles. The molecule has 5 nitrogen and oxygen atoms in total. The summed E-state index contributed by atoms with van der Waals surface area (Å²) in [6.45, 7) is -0.454. The van der Waals surface area contributed by atoms with Crippen LogP contribution >= 0.6 is 7.60 Å². The van der Waals surface area contributed by atoms with Crippen molar-refractivity contribution in [2.75, 3.05) is 27.0 Å². The molecule has 3 N–H and O–H groups in total. The van der Waals surface area contributed by atoms with E-state index in [1.54, 1.807) is 14.2 Å². The van der Waals surface area contributed by atoms with Gasteiger partial charge >= 0.3 is 7.60 Å². The summed E-state index contributed by atoms with van der Waals surface area (Å²) in [4.78, 5) is 15.9. The molecule has 10 heavy (non-hydrogen) atoms. The number of hydrogen-bond donors (Lipinski definition) is 3.